The lowest BCUT2D eigenvalue weighted by Gasteiger charge is -2.37. The number of pyridine rings is 1. The van der Waals surface area contributed by atoms with Crippen molar-refractivity contribution in [2.75, 3.05) is 31.6 Å². The highest BCUT2D eigenvalue weighted by molar-refractivity contribution is 6.08. The number of carbonyl (C=O) groups is 2. The molecule has 0 bridgehead atoms. The summed E-state index contributed by atoms with van der Waals surface area (Å²) >= 11 is 0. The molecule has 3 amide bonds. The second-order valence-corrected chi connectivity index (χ2v) is 10.3. The molecule has 1 aromatic carbocycles. The minimum absolute atomic E-state index is 0.195. The number of urea groups is 1. The summed E-state index contributed by atoms with van der Waals surface area (Å²) in [6, 6.07) is 9.10. The van der Waals surface area contributed by atoms with Crippen LogP contribution in [0.15, 0.2) is 36.9 Å². The Hall–Kier alpha value is -3.79. The molecule has 4 aliphatic heterocycles. The number of anilines is 1. The zero-order valence-corrected chi connectivity index (χ0v) is 21.0. The molecule has 2 fully saturated rings. The molecule has 3 N–H and O–H groups in total. The molecule has 0 aliphatic carbocycles. The summed E-state index contributed by atoms with van der Waals surface area (Å²) in [5, 5.41) is 15.2. The number of benzene rings is 1. The third-order valence-corrected chi connectivity index (χ3v) is 8.06. The van der Waals surface area contributed by atoms with E-state index in [1.165, 1.54) is 0 Å². The Morgan fingerprint density at radius 2 is 2.03 bits per heavy atom. The first-order valence-corrected chi connectivity index (χ1v) is 12.6. The van der Waals surface area contributed by atoms with E-state index in [0.717, 1.165) is 47.2 Å². The van der Waals surface area contributed by atoms with Crippen LogP contribution in [0.5, 0.6) is 11.5 Å². The molecular weight excluding hydrogens is 474 g/mol. The van der Waals surface area contributed by atoms with Crippen LogP contribution in [0.1, 0.15) is 42.5 Å². The Balaban J connectivity index is 1.29. The Morgan fingerprint density at radius 1 is 1.24 bits per heavy atom. The second-order valence-electron chi connectivity index (χ2n) is 10.3. The third-order valence-electron chi connectivity index (χ3n) is 8.06. The summed E-state index contributed by atoms with van der Waals surface area (Å²) in [4.78, 5) is 34.9. The van der Waals surface area contributed by atoms with Gasteiger partial charge in [-0.2, -0.15) is 0 Å². The van der Waals surface area contributed by atoms with Gasteiger partial charge in [0.15, 0.2) is 5.54 Å². The molecule has 37 heavy (non-hydrogen) atoms. The van der Waals surface area contributed by atoms with Crippen molar-refractivity contribution >= 4 is 23.5 Å². The SMILES string of the molecule is C=C1c2cc(OC)ccc2CN1CC1(C2Oc3ccc(N4CCC(O)CC4)nc3C2C)NC(=O)NC1=O. The fourth-order valence-corrected chi connectivity index (χ4v) is 5.98. The van der Waals surface area contributed by atoms with Crippen molar-refractivity contribution in [2.24, 2.45) is 0 Å². The Morgan fingerprint density at radius 3 is 2.73 bits per heavy atom. The Kier molecular flexibility index (Phi) is 5.52. The largest absolute Gasteiger partial charge is 0.497 e. The van der Waals surface area contributed by atoms with E-state index in [2.05, 4.69) is 22.1 Å². The lowest BCUT2D eigenvalue weighted by atomic mass is 9.83. The number of methoxy groups -OCH3 is 1. The summed E-state index contributed by atoms with van der Waals surface area (Å²) in [7, 11) is 1.62. The first-order valence-electron chi connectivity index (χ1n) is 12.6. The van der Waals surface area contributed by atoms with Crippen LogP contribution in [0.25, 0.3) is 5.70 Å². The average molecular weight is 506 g/mol. The summed E-state index contributed by atoms with van der Waals surface area (Å²) in [6.07, 6.45) is 0.480. The van der Waals surface area contributed by atoms with Crippen LogP contribution < -0.4 is 25.0 Å². The number of imide groups is 1. The average Bonchev–Trinajstić information content (AvgIpc) is 3.50. The molecule has 1 aromatic heterocycles. The van der Waals surface area contributed by atoms with Crippen molar-refractivity contribution in [1.29, 1.82) is 0 Å². The number of ether oxygens (including phenoxy) is 2. The van der Waals surface area contributed by atoms with Crippen LogP contribution in [-0.2, 0) is 11.3 Å². The molecular formula is C27H31N5O5. The van der Waals surface area contributed by atoms with Gasteiger partial charge in [-0.1, -0.05) is 19.6 Å². The highest BCUT2D eigenvalue weighted by Gasteiger charge is 2.59. The molecule has 5 heterocycles. The Labute approximate surface area is 215 Å². The topological polar surface area (TPSA) is 116 Å². The lowest BCUT2D eigenvalue weighted by Crippen LogP contribution is -2.64. The maximum atomic E-state index is 13.4. The fourth-order valence-electron chi connectivity index (χ4n) is 5.98. The lowest BCUT2D eigenvalue weighted by molar-refractivity contribution is -0.128. The number of hydrogen-bond acceptors (Lipinski definition) is 8. The maximum absolute atomic E-state index is 13.4. The first-order chi connectivity index (χ1) is 17.8. The number of aromatic nitrogens is 1. The van der Waals surface area contributed by atoms with Gasteiger partial charge in [-0.15, -0.1) is 0 Å². The van der Waals surface area contributed by atoms with Crippen LogP contribution >= 0.6 is 0 Å². The fraction of sp³-hybridized carbons (Fsp3) is 0.444. The highest BCUT2D eigenvalue weighted by Crippen LogP contribution is 2.44. The second kappa shape index (κ2) is 8.65. The predicted octanol–water partition coefficient (Wildman–Crippen LogP) is 1.98. The van der Waals surface area contributed by atoms with Crippen LogP contribution in [0.2, 0.25) is 0 Å². The number of fused-ring (bicyclic) bond motifs is 2. The monoisotopic (exact) mass is 505 g/mol. The molecule has 6 rings (SSSR count). The number of aliphatic hydroxyl groups excluding tert-OH is 1. The van der Waals surface area contributed by atoms with Crippen LogP contribution in [0.4, 0.5) is 10.6 Å². The molecule has 2 aromatic rings. The predicted molar refractivity (Wildman–Crippen MR) is 136 cm³/mol. The molecule has 0 spiro atoms. The van der Waals surface area contributed by atoms with E-state index >= 15 is 0 Å². The normalized spacial score (nSPS) is 27.1. The van der Waals surface area contributed by atoms with Gasteiger partial charge >= 0.3 is 6.03 Å². The van der Waals surface area contributed by atoms with Crippen molar-refractivity contribution in [3.05, 3.63) is 53.7 Å². The number of aliphatic hydroxyl groups is 1. The number of amides is 3. The van der Waals surface area contributed by atoms with Crippen LogP contribution in [-0.4, -0.2) is 71.4 Å². The molecule has 0 saturated carbocycles. The summed E-state index contributed by atoms with van der Waals surface area (Å²) < 4.78 is 11.7. The number of carbonyl (C=O) groups excluding carboxylic acids is 2. The first kappa shape index (κ1) is 23.6. The molecule has 4 aliphatic rings. The number of piperidine rings is 1. The van der Waals surface area contributed by atoms with Crippen LogP contribution in [0.3, 0.4) is 0 Å². The summed E-state index contributed by atoms with van der Waals surface area (Å²) in [5.74, 6) is 1.49. The van der Waals surface area contributed by atoms with Crippen molar-refractivity contribution in [1.82, 2.24) is 20.5 Å². The van der Waals surface area contributed by atoms with Gasteiger partial charge < -0.3 is 29.7 Å². The number of hydrogen-bond donors (Lipinski definition) is 3. The zero-order valence-electron chi connectivity index (χ0n) is 21.0. The minimum atomic E-state index is -1.33. The van der Waals surface area contributed by atoms with Gasteiger partial charge in [0.2, 0.25) is 0 Å². The molecule has 2 saturated heterocycles. The Bertz CT molecular complexity index is 1290. The number of rotatable bonds is 5. The minimum Gasteiger partial charge on any atom is -0.497 e. The van der Waals surface area contributed by atoms with E-state index in [0.29, 0.717) is 25.1 Å². The number of nitrogens with one attached hydrogen (secondary N) is 2. The molecule has 3 atom stereocenters. The van der Waals surface area contributed by atoms with E-state index < -0.39 is 23.6 Å². The molecule has 10 heteroatoms. The molecule has 3 unspecified atom stereocenters. The standard InChI is InChI=1S/C27H31N5O5/c1-15-23-21(6-7-22(28-23)31-10-8-18(33)9-11-31)37-24(15)27(25(34)29-26(35)30-27)14-32-13-17-4-5-19(36-3)12-20(17)16(32)2/h4-7,12,15,18,24,33H,2,8-11,13-14H2,1,3H3,(H2,29,30,34,35). The van der Waals surface area contributed by atoms with Crippen molar-refractivity contribution < 1.29 is 24.2 Å². The third kappa shape index (κ3) is 3.78. The van der Waals surface area contributed by atoms with E-state index in [1.54, 1.807) is 7.11 Å². The summed E-state index contributed by atoms with van der Waals surface area (Å²) in [6.45, 7) is 8.47. The van der Waals surface area contributed by atoms with Gasteiger partial charge in [-0.3, -0.25) is 10.1 Å². The van der Waals surface area contributed by atoms with E-state index in [4.69, 9.17) is 14.5 Å². The summed E-state index contributed by atoms with van der Waals surface area (Å²) in [5.41, 5.74) is 2.23. The van der Waals surface area contributed by atoms with Crippen LogP contribution in [0, 0.1) is 0 Å². The van der Waals surface area contributed by atoms with Crippen molar-refractivity contribution in [3.8, 4) is 11.5 Å². The zero-order chi connectivity index (χ0) is 25.9. The van der Waals surface area contributed by atoms with Gasteiger partial charge in [0.05, 0.1) is 25.5 Å². The molecule has 194 valence electrons. The maximum Gasteiger partial charge on any atom is 0.322 e. The van der Waals surface area contributed by atoms with E-state index in [9.17, 15) is 14.7 Å². The van der Waals surface area contributed by atoms with Crippen molar-refractivity contribution in [3.63, 3.8) is 0 Å². The quantitative estimate of drug-likeness (QED) is 0.529. The van der Waals surface area contributed by atoms with Gasteiger partial charge in [-0.05, 0) is 42.7 Å². The van der Waals surface area contributed by atoms with Gasteiger partial charge in [0, 0.05) is 36.8 Å². The van der Waals surface area contributed by atoms with Gasteiger partial charge in [0.25, 0.3) is 5.91 Å². The van der Waals surface area contributed by atoms with E-state index in [-0.39, 0.29) is 18.6 Å². The van der Waals surface area contributed by atoms with Gasteiger partial charge in [0.1, 0.15) is 23.4 Å². The van der Waals surface area contributed by atoms with E-state index in [1.807, 2.05) is 42.2 Å². The number of nitrogens with zero attached hydrogens (tertiary/aromatic N) is 3. The van der Waals surface area contributed by atoms with Crippen molar-refractivity contribution in [2.45, 2.75) is 50.0 Å². The highest BCUT2D eigenvalue weighted by atomic mass is 16.5. The molecule has 0 radical (unpaired) electrons. The smallest absolute Gasteiger partial charge is 0.322 e. The van der Waals surface area contributed by atoms with Gasteiger partial charge in [-0.25, -0.2) is 9.78 Å². The molecule has 10 nitrogen and oxygen atoms in total.